The van der Waals surface area contributed by atoms with Gasteiger partial charge in [0.2, 0.25) is 0 Å². The molecule has 0 aliphatic heterocycles. The van der Waals surface area contributed by atoms with Gasteiger partial charge >= 0.3 is 0 Å². The number of furan rings is 1. The molecule has 1 aromatic carbocycles. The van der Waals surface area contributed by atoms with E-state index in [1.54, 1.807) is 0 Å². The first-order valence-electron chi connectivity index (χ1n) is 7.07. The Morgan fingerprint density at radius 1 is 1.28 bits per heavy atom. The fourth-order valence-electron chi connectivity index (χ4n) is 2.64. The molecule has 1 fully saturated rings. The Morgan fingerprint density at radius 3 is 2.78 bits per heavy atom. The summed E-state index contributed by atoms with van der Waals surface area (Å²) in [6.45, 7) is 5.35. The van der Waals surface area contributed by atoms with Crippen LogP contribution >= 0.6 is 0 Å². The molecule has 2 aromatic rings. The molecule has 3 rings (SSSR count). The maximum absolute atomic E-state index is 6.02. The van der Waals surface area contributed by atoms with Crippen LogP contribution in [0.3, 0.4) is 0 Å². The molecule has 1 saturated carbocycles. The van der Waals surface area contributed by atoms with Gasteiger partial charge in [-0.1, -0.05) is 19.9 Å². The average molecular weight is 243 g/mol. The number of nitrogens with one attached hydrogen (secondary N) is 1. The van der Waals surface area contributed by atoms with Gasteiger partial charge in [-0.2, -0.15) is 0 Å². The highest BCUT2D eigenvalue weighted by Gasteiger charge is 2.33. The van der Waals surface area contributed by atoms with Gasteiger partial charge in [-0.15, -0.1) is 0 Å². The number of hydrogen-bond acceptors (Lipinski definition) is 2. The molecule has 1 unspecified atom stereocenters. The predicted octanol–water partition coefficient (Wildman–Crippen LogP) is 4.06. The number of benzene rings is 1. The molecule has 0 spiro atoms. The largest absolute Gasteiger partial charge is 0.459 e. The van der Waals surface area contributed by atoms with Gasteiger partial charge < -0.3 is 9.73 Å². The van der Waals surface area contributed by atoms with Crippen molar-refractivity contribution >= 4 is 11.0 Å². The van der Waals surface area contributed by atoms with E-state index in [4.69, 9.17) is 4.42 Å². The molecule has 1 N–H and O–H groups in total. The second kappa shape index (κ2) is 4.77. The fraction of sp³-hybridized carbons (Fsp3) is 0.500. The van der Waals surface area contributed by atoms with Gasteiger partial charge in [0.05, 0.1) is 6.04 Å². The molecular formula is C16H21NO. The second-order valence-electron chi connectivity index (χ2n) is 5.25. The minimum atomic E-state index is 0.410. The Hall–Kier alpha value is -1.28. The molecule has 1 atom stereocenters. The van der Waals surface area contributed by atoms with Crippen LogP contribution in [0.4, 0.5) is 0 Å². The summed E-state index contributed by atoms with van der Waals surface area (Å²) in [5, 5.41) is 4.80. The Balaban J connectivity index is 1.95. The average Bonchev–Trinajstić information content (AvgIpc) is 3.14. The normalized spacial score (nSPS) is 17.2. The molecule has 1 aliphatic carbocycles. The monoisotopic (exact) mass is 243 g/mol. The van der Waals surface area contributed by atoms with E-state index in [0.717, 1.165) is 30.2 Å². The molecule has 2 nitrogen and oxygen atoms in total. The van der Waals surface area contributed by atoms with Crippen molar-refractivity contribution in [2.24, 2.45) is 5.92 Å². The van der Waals surface area contributed by atoms with E-state index in [1.807, 2.05) is 0 Å². The Kier molecular flexibility index (Phi) is 3.13. The molecule has 2 heteroatoms. The predicted molar refractivity (Wildman–Crippen MR) is 74.7 cm³/mol. The van der Waals surface area contributed by atoms with Crippen LogP contribution in [0.15, 0.2) is 28.7 Å². The summed E-state index contributed by atoms with van der Waals surface area (Å²) in [6.07, 6.45) is 3.74. The molecular weight excluding hydrogens is 222 g/mol. The lowest BCUT2D eigenvalue weighted by Gasteiger charge is -2.13. The highest BCUT2D eigenvalue weighted by molar-refractivity contribution is 5.78. The van der Waals surface area contributed by atoms with Crippen molar-refractivity contribution in [3.8, 4) is 0 Å². The number of aryl methyl sites for hydroxylation is 1. The third-order valence-electron chi connectivity index (χ3n) is 3.83. The van der Waals surface area contributed by atoms with Crippen LogP contribution < -0.4 is 5.32 Å². The summed E-state index contributed by atoms with van der Waals surface area (Å²) < 4.78 is 6.02. The van der Waals surface area contributed by atoms with E-state index in [2.05, 4.69) is 43.4 Å². The molecule has 96 valence electrons. The van der Waals surface area contributed by atoms with Gasteiger partial charge in [0.15, 0.2) is 0 Å². The first-order valence-corrected chi connectivity index (χ1v) is 7.07. The van der Waals surface area contributed by atoms with Crippen LogP contribution in [0.5, 0.6) is 0 Å². The van der Waals surface area contributed by atoms with E-state index in [0.29, 0.717) is 6.04 Å². The third-order valence-corrected chi connectivity index (χ3v) is 3.83. The minimum Gasteiger partial charge on any atom is -0.459 e. The van der Waals surface area contributed by atoms with E-state index < -0.39 is 0 Å². The molecule has 0 saturated heterocycles. The van der Waals surface area contributed by atoms with Crippen molar-refractivity contribution in [2.75, 3.05) is 6.54 Å². The summed E-state index contributed by atoms with van der Waals surface area (Å²) in [5.41, 5.74) is 2.40. The van der Waals surface area contributed by atoms with Crippen LogP contribution in [-0.4, -0.2) is 6.54 Å². The van der Waals surface area contributed by atoms with Crippen molar-refractivity contribution in [1.82, 2.24) is 5.32 Å². The zero-order chi connectivity index (χ0) is 12.5. The van der Waals surface area contributed by atoms with Gasteiger partial charge in [-0.25, -0.2) is 0 Å². The van der Waals surface area contributed by atoms with E-state index in [9.17, 15) is 0 Å². The summed E-state index contributed by atoms with van der Waals surface area (Å²) in [6, 6.07) is 9.15. The molecule has 1 aromatic heterocycles. The van der Waals surface area contributed by atoms with Crippen LogP contribution in [0.2, 0.25) is 0 Å². The molecule has 1 heterocycles. The first kappa shape index (κ1) is 11.8. The highest BCUT2D eigenvalue weighted by Crippen LogP contribution is 2.42. The molecule has 0 bridgehead atoms. The second-order valence-corrected chi connectivity index (χ2v) is 5.25. The Labute approximate surface area is 108 Å². The maximum atomic E-state index is 6.02. The van der Waals surface area contributed by atoms with Crippen LogP contribution in [0, 0.1) is 5.92 Å². The zero-order valence-electron chi connectivity index (χ0n) is 11.2. The summed E-state index contributed by atoms with van der Waals surface area (Å²) in [7, 11) is 0. The highest BCUT2D eigenvalue weighted by atomic mass is 16.3. The van der Waals surface area contributed by atoms with Crippen LogP contribution in [0.25, 0.3) is 11.0 Å². The molecule has 0 radical (unpaired) electrons. The summed E-state index contributed by atoms with van der Waals surface area (Å²) >= 11 is 0. The third kappa shape index (κ3) is 2.17. The van der Waals surface area contributed by atoms with E-state index in [1.165, 1.54) is 23.8 Å². The van der Waals surface area contributed by atoms with Gasteiger partial charge in [-0.3, -0.25) is 0 Å². The van der Waals surface area contributed by atoms with Crippen LogP contribution in [0.1, 0.15) is 44.1 Å². The standard InChI is InChI=1S/C16H21NO/c1-3-11-5-8-14-13(9-11)10-15(18-14)16(17-4-2)12-6-7-12/h5,8-10,12,16-17H,3-4,6-7H2,1-2H3. The number of rotatable bonds is 5. The molecule has 0 amide bonds. The Bertz CT molecular complexity index is 539. The molecule has 1 aliphatic rings. The van der Waals surface area contributed by atoms with E-state index >= 15 is 0 Å². The van der Waals surface area contributed by atoms with Gasteiger partial charge in [0, 0.05) is 5.39 Å². The summed E-state index contributed by atoms with van der Waals surface area (Å²) in [5.74, 6) is 1.89. The van der Waals surface area contributed by atoms with Crippen LogP contribution in [-0.2, 0) is 6.42 Å². The van der Waals surface area contributed by atoms with Gasteiger partial charge in [0.25, 0.3) is 0 Å². The summed E-state index contributed by atoms with van der Waals surface area (Å²) in [4.78, 5) is 0. The van der Waals surface area contributed by atoms with Crippen molar-refractivity contribution in [2.45, 2.75) is 39.2 Å². The lowest BCUT2D eigenvalue weighted by Crippen LogP contribution is -2.21. The van der Waals surface area contributed by atoms with Crippen molar-refractivity contribution in [3.05, 3.63) is 35.6 Å². The number of fused-ring (bicyclic) bond motifs is 1. The topological polar surface area (TPSA) is 25.2 Å². The first-order chi connectivity index (χ1) is 8.81. The van der Waals surface area contributed by atoms with Gasteiger partial charge in [0.1, 0.15) is 11.3 Å². The van der Waals surface area contributed by atoms with Crippen molar-refractivity contribution in [3.63, 3.8) is 0 Å². The quantitative estimate of drug-likeness (QED) is 0.856. The zero-order valence-corrected chi connectivity index (χ0v) is 11.2. The lowest BCUT2D eigenvalue weighted by atomic mass is 10.1. The van der Waals surface area contributed by atoms with Gasteiger partial charge in [-0.05, 0) is 55.5 Å². The van der Waals surface area contributed by atoms with E-state index in [-0.39, 0.29) is 0 Å². The smallest absolute Gasteiger partial charge is 0.134 e. The minimum absolute atomic E-state index is 0.410. The number of hydrogen-bond donors (Lipinski definition) is 1. The lowest BCUT2D eigenvalue weighted by molar-refractivity contribution is 0.403. The Morgan fingerprint density at radius 2 is 2.11 bits per heavy atom. The van der Waals surface area contributed by atoms with Crippen molar-refractivity contribution in [1.29, 1.82) is 0 Å². The van der Waals surface area contributed by atoms with Crippen molar-refractivity contribution < 1.29 is 4.42 Å². The molecule has 18 heavy (non-hydrogen) atoms. The maximum Gasteiger partial charge on any atom is 0.134 e. The fourth-order valence-corrected chi connectivity index (χ4v) is 2.64. The SMILES string of the molecule is CCNC(c1cc2cc(CC)ccc2o1)C1CC1.